The standard InChI is InChI=1S/C13H21N3O4S/c1-15(2)11(17)10-9(14)8(13(18)20-5)12(21-10)16(3)6-7-19-4/h6-7,14H2,1-5H3. The first kappa shape index (κ1) is 17.3. The second-order valence-electron chi connectivity index (χ2n) is 4.63. The molecule has 0 aliphatic carbocycles. The lowest BCUT2D eigenvalue weighted by atomic mass is 10.2. The van der Waals surface area contributed by atoms with E-state index in [1.54, 1.807) is 28.3 Å². The van der Waals surface area contributed by atoms with Crippen molar-refractivity contribution < 1.29 is 19.1 Å². The SMILES string of the molecule is COCCN(C)c1sc(C(=O)N(C)C)c(N)c1C(=O)OC. The molecule has 0 bridgehead atoms. The molecule has 1 aromatic rings. The van der Waals surface area contributed by atoms with Crippen LogP contribution in [0.1, 0.15) is 20.0 Å². The number of ether oxygens (including phenoxy) is 2. The molecule has 0 aromatic carbocycles. The monoisotopic (exact) mass is 315 g/mol. The summed E-state index contributed by atoms with van der Waals surface area (Å²) in [7, 11) is 7.95. The fraction of sp³-hybridized carbons (Fsp3) is 0.538. The molecule has 0 aliphatic heterocycles. The summed E-state index contributed by atoms with van der Waals surface area (Å²) in [6.07, 6.45) is 0. The molecule has 1 amide bonds. The Morgan fingerprint density at radius 3 is 2.33 bits per heavy atom. The number of carbonyl (C=O) groups excluding carboxylic acids is 2. The molecule has 21 heavy (non-hydrogen) atoms. The second-order valence-corrected chi connectivity index (χ2v) is 5.63. The zero-order valence-electron chi connectivity index (χ0n) is 12.9. The Bertz CT molecular complexity index is 528. The van der Waals surface area contributed by atoms with Crippen molar-refractivity contribution in [1.29, 1.82) is 0 Å². The third-order valence-electron chi connectivity index (χ3n) is 2.89. The molecule has 0 radical (unpaired) electrons. The quantitative estimate of drug-likeness (QED) is 0.785. The van der Waals surface area contributed by atoms with Crippen LogP contribution in [0.3, 0.4) is 0 Å². The topological polar surface area (TPSA) is 85.1 Å². The van der Waals surface area contributed by atoms with E-state index >= 15 is 0 Å². The lowest BCUT2D eigenvalue weighted by Crippen LogP contribution is -2.23. The number of amides is 1. The van der Waals surface area contributed by atoms with Crippen LogP contribution < -0.4 is 10.6 Å². The van der Waals surface area contributed by atoms with E-state index in [9.17, 15) is 9.59 Å². The van der Waals surface area contributed by atoms with Crippen LogP contribution in [-0.4, -0.2) is 65.3 Å². The van der Waals surface area contributed by atoms with Crippen LogP contribution in [0, 0.1) is 0 Å². The molecule has 8 heteroatoms. The van der Waals surface area contributed by atoms with Crippen molar-refractivity contribution in [3.05, 3.63) is 10.4 Å². The van der Waals surface area contributed by atoms with Crippen molar-refractivity contribution in [2.45, 2.75) is 0 Å². The number of hydrogen-bond donors (Lipinski definition) is 1. The van der Waals surface area contributed by atoms with Gasteiger partial charge in [-0.05, 0) is 0 Å². The number of nitrogens with two attached hydrogens (primary N) is 1. The van der Waals surface area contributed by atoms with E-state index < -0.39 is 5.97 Å². The highest BCUT2D eigenvalue weighted by Crippen LogP contribution is 2.38. The Labute approximate surface area is 128 Å². The minimum Gasteiger partial charge on any atom is -0.465 e. The fourth-order valence-electron chi connectivity index (χ4n) is 1.69. The predicted molar refractivity (Wildman–Crippen MR) is 83.2 cm³/mol. The van der Waals surface area contributed by atoms with Gasteiger partial charge in [0.1, 0.15) is 15.4 Å². The van der Waals surface area contributed by atoms with Gasteiger partial charge in [-0.1, -0.05) is 0 Å². The van der Waals surface area contributed by atoms with Crippen LogP contribution >= 0.6 is 11.3 Å². The molecule has 1 heterocycles. The normalized spacial score (nSPS) is 10.3. The molecule has 0 fully saturated rings. The van der Waals surface area contributed by atoms with Gasteiger partial charge >= 0.3 is 5.97 Å². The maximum absolute atomic E-state index is 12.1. The maximum Gasteiger partial charge on any atom is 0.343 e. The first-order valence-electron chi connectivity index (χ1n) is 6.27. The summed E-state index contributed by atoms with van der Waals surface area (Å²) in [4.78, 5) is 27.7. The predicted octanol–water partition coefficient (Wildman–Crippen LogP) is 0.901. The van der Waals surface area contributed by atoms with E-state index in [4.69, 9.17) is 15.2 Å². The Morgan fingerprint density at radius 2 is 1.86 bits per heavy atom. The first-order valence-corrected chi connectivity index (χ1v) is 7.09. The van der Waals surface area contributed by atoms with Gasteiger partial charge in [0.15, 0.2) is 0 Å². The van der Waals surface area contributed by atoms with Crippen LogP contribution in [0.5, 0.6) is 0 Å². The van der Waals surface area contributed by atoms with E-state index in [0.717, 1.165) is 0 Å². The van der Waals surface area contributed by atoms with E-state index in [1.165, 1.54) is 23.3 Å². The number of thiophene rings is 1. The van der Waals surface area contributed by atoms with E-state index in [2.05, 4.69) is 0 Å². The minimum absolute atomic E-state index is 0.157. The molecule has 118 valence electrons. The largest absolute Gasteiger partial charge is 0.465 e. The Hall–Kier alpha value is -1.80. The van der Waals surface area contributed by atoms with Crippen LogP contribution in [0.15, 0.2) is 0 Å². The highest BCUT2D eigenvalue weighted by atomic mass is 32.1. The van der Waals surface area contributed by atoms with Crippen molar-refractivity contribution in [1.82, 2.24) is 4.90 Å². The van der Waals surface area contributed by atoms with Gasteiger partial charge in [-0.2, -0.15) is 0 Å². The van der Waals surface area contributed by atoms with Crippen molar-refractivity contribution in [3.8, 4) is 0 Å². The highest BCUT2D eigenvalue weighted by Gasteiger charge is 2.28. The molecule has 1 aromatic heterocycles. The number of nitrogens with zero attached hydrogens (tertiary/aromatic N) is 2. The van der Waals surface area contributed by atoms with Gasteiger partial charge in [0.25, 0.3) is 5.91 Å². The summed E-state index contributed by atoms with van der Waals surface area (Å²) in [5, 5.41) is 0.599. The lowest BCUT2D eigenvalue weighted by molar-refractivity contribution is 0.0603. The molecular weight excluding hydrogens is 294 g/mol. The van der Waals surface area contributed by atoms with E-state index in [0.29, 0.717) is 23.0 Å². The Morgan fingerprint density at radius 1 is 1.24 bits per heavy atom. The zero-order valence-corrected chi connectivity index (χ0v) is 13.7. The Balaban J connectivity index is 3.31. The number of rotatable bonds is 6. The van der Waals surface area contributed by atoms with Crippen molar-refractivity contribution in [2.75, 3.05) is 59.1 Å². The molecule has 0 saturated heterocycles. The van der Waals surface area contributed by atoms with Crippen molar-refractivity contribution >= 4 is 33.9 Å². The number of carbonyl (C=O) groups is 2. The summed E-state index contributed by atoms with van der Waals surface area (Å²) in [5.41, 5.74) is 6.38. The summed E-state index contributed by atoms with van der Waals surface area (Å²) in [6, 6.07) is 0. The van der Waals surface area contributed by atoms with Gasteiger partial charge < -0.3 is 25.0 Å². The Kier molecular flexibility index (Phi) is 5.98. The molecule has 0 spiro atoms. The van der Waals surface area contributed by atoms with E-state index in [1.807, 2.05) is 4.90 Å². The molecule has 1 rings (SSSR count). The minimum atomic E-state index is -0.555. The smallest absolute Gasteiger partial charge is 0.343 e. The molecule has 0 aliphatic rings. The van der Waals surface area contributed by atoms with Gasteiger partial charge in [-0.15, -0.1) is 11.3 Å². The summed E-state index contributed by atoms with van der Waals surface area (Å²) in [6.45, 7) is 1.06. The number of hydrogen-bond acceptors (Lipinski definition) is 7. The zero-order chi connectivity index (χ0) is 16.2. The number of esters is 1. The highest BCUT2D eigenvalue weighted by molar-refractivity contribution is 7.19. The molecule has 0 saturated carbocycles. The number of nitrogen functional groups attached to an aromatic ring is 1. The molecule has 7 nitrogen and oxygen atoms in total. The maximum atomic E-state index is 12.1. The third kappa shape index (κ3) is 3.64. The number of anilines is 2. The van der Waals surface area contributed by atoms with Gasteiger partial charge in [-0.3, -0.25) is 4.79 Å². The van der Waals surface area contributed by atoms with E-state index in [-0.39, 0.29) is 17.2 Å². The number of methoxy groups -OCH3 is 2. The molecular formula is C13H21N3O4S. The average molecular weight is 315 g/mol. The van der Waals surface area contributed by atoms with Gasteiger partial charge in [0.05, 0.1) is 19.4 Å². The van der Waals surface area contributed by atoms with Crippen molar-refractivity contribution in [3.63, 3.8) is 0 Å². The second kappa shape index (κ2) is 7.28. The average Bonchev–Trinajstić information content (AvgIpc) is 2.80. The molecule has 0 atom stereocenters. The van der Waals surface area contributed by atoms with Gasteiger partial charge in [-0.25, -0.2) is 4.79 Å². The molecule has 0 unspecified atom stereocenters. The van der Waals surface area contributed by atoms with Gasteiger partial charge in [0.2, 0.25) is 0 Å². The van der Waals surface area contributed by atoms with Crippen LogP contribution in [0.4, 0.5) is 10.7 Å². The van der Waals surface area contributed by atoms with Crippen LogP contribution in [0.2, 0.25) is 0 Å². The molecule has 2 N–H and O–H groups in total. The van der Waals surface area contributed by atoms with Crippen molar-refractivity contribution in [2.24, 2.45) is 0 Å². The summed E-state index contributed by atoms with van der Waals surface area (Å²) >= 11 is 1.18. The van der Waals surface area contributed by atoms with Crippen LogP contribution in [-0.2, 0) is 9.47 Å². The number of likely N-dealkylation sites (N-methyl/N-ethyl adjacent to an activating group) is 1. The fourth-order valence-corrected chi connectivity index (χ4v) is 2.91. The van der Waals surface area contributed by atoms with Crippen LogP contribution in [0.25, 0.3) is 0 Å². The summed E-state index contributed by atoms with van der Waals surface area (Å²) < 4.78 is 9.79. The van der Waals surface area contributed by atoms with Gasteiger partial charge in [0, 0.05) is 34.8 Å². The first-order chi connectivity index (χ1) is 9.84. The third-order valence-corrected chi connectivity index (χ3v) is 4.20. The summed E-state index contributed by atoms with van der Waals surface area (Å²) in [5.74, 6) is -0.796. The lowest BCUT2D eigenvalue weighted by Gasteiger charge is -2.18.